The van der Waals surface area contributed by atoms with E-state index >= 15 is 0 Å². The summed E-state index contributed by atoms with van der Waals surface area (Å²) in [7, 11) is 0. The molecule has 1 aliphatic heterocycles. The van der Waals surface area contributed by atoms with Gasteiger partial charge in [-0.05, 0) is 27.2 Å². The van der Waals surface area contributed by atoms with Gasteiger partial charge in [0, 0.05) is 6.42 Å². The molecular formula is C11H19NO4. The van der Waals surface area contributed by atoms with Gasteiger partial charge in [-0.15, -0.1) is 0 Å². The fourth-order valence-electron chi connectivity index (χ4n) is 1.31. The van der Waals surface area contributed by atoms with Crippen LogP contribution in [0.1, 0.15) is 33.6 Å². The summed E-state index contributed by atoms with van der Waals surface area (Å²) in [5.41, 5.74) is -0.347. The van der Waals surface area contributed by atoms with Crippen LogP contribution in [0.25, 0.3) is 0 Å². The Hall–Kier alpha value is -1.10. The van der Waals surface area contributed by atoms with E-state index in [1.165, 1.54) is 0 Å². The largest absolute Gasteiger partial charge is 0.462 e. The molecule has 5 heteroatoms. The summed E-state index contributed by atoms with van der Waals surface area (Å²) in [5, 5.41) is 2.72. The van der Waals surface area contributed by atoms with Gasteiger partial charge in [-0.1, -0.05) is 0 Å². The molecule has 1 aliphatic rings. The first-order valence-corrected chi connectivity index (χ1v) is 5.46. The summed E-state index contributed by atoms with van der Waals surface area (Å²) in [6, 6.07) is -0.0360. The predicted octanol–water partition coefficient (Wildman–Crippen LogP) is 0.623. The van der Waals surface area contributed by atoms with Gasteiger partial charge in [0.25, 0.3) is 0 Å². The second kappa shape index (κ2) is 5.30. The third-order valence-electron chi connectivity index (χ3n) is 2.15. The number of ether oxygens (including phenoxy) is 2. The first-order chi connectivity index (χ1) is 7.37. The Kier molecular flexibility index (Phi) is 4.29. The first kappa shape index (κ1) is 13.0. The van der Waals surface area contributed by atoms with Gasteiger partial charge in [-0.25, -0.2) is 4.79 Å². The van der Waals surface area contributed by atoms with Crippen LogP contribution in [0.3, 0.4) is 0 Å². The minimum atomic E-state index is -0.393. The maximum absolute atomic E-state index is 11.3. The van der Waals surface area contributed by atoms with Crippen molar-refractivity contribution in [2.45, 2.75) is 45.3 Å². The van der Waals surface area contributed by atoms with Crippen molar-refractivity contribution < 1.29 is 19.1 Å². The summed E-state index contributed by atoms with van der Waals surface area (Å²) in [4.78, 5) is 22.1. The van der Waals surface area contributed by atoms with E-state index in [1.54, 1.807) is 0 Å². The van der Waals surface area contributed by atoms with Crippen molar-refractivity contribution in [3.8, 4) is 0 Å². The second-order valence-corrected chi connectivity index (χ2v) is 4.89. The molecule has 5 nitrogen and oxygen atoms in total. The number of nitrogens with one attached hydrogen (secondary N) is 1. The third kappa shape index (κ3) is 5.11. The minimum Gasteiger partial charge on any atom is -0.462 e. The molecule has 0 aliphatic carbocycles. The molecule has 1 atom stereocenters. The molecule has 0 aromatic carbocycles. The molecule has 0 bridgehead atoms. The quantitative estimate of drug-likeness (QED) is 0.718. The maximum Gasteiger partial charge on any atom is 0.332 e. The number of hydrogen-bond donors (Lipinski definition) is 1. The van der Waals surface area contributed by atoms with E-state index in [1.807, 2.05) is 20.8 Å². The summed E-state index contributed by atoms with van der Waals surface area (Å²) < 4.78 is 10.3. The average Bonchev–Trinajstić information content (AvgIpc) is 2.57. The van der Waals surface area contributed by atoms with Crippen molar-refractivity contribution >= 4 is 11.9 Å². The molecule has 1 amide bonds. The van der Waals surface area contributed by atoms with Crippen molar-refractivity contribution in [1.82, 2.24) is 5.32 Å². The zero-order valence-corrected chi connectivity index (χ0v) is 10.0. The standard InChI is InChI=1S/C11H19NO4/c1-11(2,3)16-7-10(14)15-6-8-4-5-9(13)12-8/h8H,4-7H2,1-3H3,(H,12,13)/t8-/m0/s1. The molecule has 1 rings (SSSR count). The van der Waals surface area contributed by atoms with Gasteiger partial charge >= 0.3 is 5.97 Å². The highest BCUT2D eigenvalue weighted by Gasteiger charge is 2.22. The van der Waals surface area contributed by atoms with Gasteiger partial charge in [-0.2, -0.15) is 0 Å². The third-order valence-corrected chi connectivity index (χ3v) is 2.15. The molecule has 16 heavy (non-hydrogen) atoms. The van der Waals surface area contributed by atoms with Crippen LogP contribution in [0.15, 0.2) is 0 Å². The van der Waals surface area contributed by atoms with E-state index in [-0.39, 0.29) is 30.8 Å². The van der Waals surface area contributed by atoms with Gasteiger partial charge in [0.05, 0.1) is 11.6 Å². The molecular weight excluding hydrogens is 210 g/mol. The Morgan fingerprint density at radius 1 is 1.50 bits per heavy atom. The topological polar surface area (TPSA) is 64.6 Å². The number of esters is 1. The molecule has 1 N–H and O–H groups in total. The van der Waals surface area contributed by atoms with Crippen molar-refractivity contribution in [1.29, 1.82) is 0 Å². The van der Waals surface area contributed by atoms with Gasteiger partial charge in [-0.3, -0.25) is 4.79 Å². The Balaban J connectivity index is 2.13. The molecule has 0 radical (unpaired) electrons. The lowest BCUT2D eigenvalue weighted by Crippen LogP contribution is -2.32. The summed E-state index contributed by atoms with van der Waals surface area (Å²) in [6.07, 6.45) is 1.24. The van der Waals surface area contributed by atoms with E-state index in [4.69, 9.17) is 9.47 Å². The number of carbonyl (C=O) groups excluding carboxylic acids is 2. The monoisotopic (exact) mass is 229 g/mol. The first-order valence-electron chi connectivity index (χ1n) is 5.46. The van der Waals surface area contributed by atoms with Crippen LogP contribution in [0.2, 0.25) is 0 Å². The van der Waals surface area contributed by atoms with Crippen LogP contribution in [0, 0.1) is 0 Å². The highest BCUT2D eigenvalue weighted by molar-refractivity contribution is 5.78. The Morgan fingerprint density at radius 2 is 2.19 bits per heavy atom. The number of rotatable bonds is 4. The highest BCUT2D eigenvalue weighted by atomic mass is 16.6. The van der Waals surface area contributed by atoms with Crippen LogP contribution in [0.5, 0.6) is 0 Å². The molecule has 0 unspecified atom stereocenters. The van der Waals surface area contributed by atoms with Crippen LogP contribution in [0.4, 0.5) is 0 Å². The van der Waals surface area contributed by atoms with Crippen LogP contribution in [-0.2, 0) is 19.1 Å². The highest BCUT2D eigenvalue weighted by Crippen LogP contribution is 2.08. The average molecular weight is 229 g/mol. The van der Waals surface area contributed by atoms with Crippen LogP contribution in [-0.4, -0.2) is 36.7 Å². The van der Waals surface area contributed by atoms with E-state index in [0.717, 1.165) is 6.42 Å². The summed E-state index contributed by atoms with van der Waals surface area (Å²) in [5.74, 6) is -0.372. The number of hydrogen-bond acceptors (Lipinski definition) is 4. The van der Waals surface area contributed by atoms with Gasteiger partial charge in [0.2, 0.25) is 5.91 Å². The van der Waals surface area contributed by atoms with Gasteiger partial charge in [0.1, 0.15) is 13.2 Å². The van der Waals surface area contributed by atoms with E-state index < -0.39 is 5.97 Å². The molecule has 1 fully saturated rings. The molecule has 0 aromatic heterocycles. The SMILES string of the molecule is CC(C)(C)OCC(=O)OC[C@@H]1CCC(=O)N1. The summed E-state index contributed by atoms with van der Waals surface area (Å²) in [6.45, 7) is 5.80. The minimum absolute atomic E-state index is 0.0204. The zero-order valence-electron chi connectivity index (χ0n) is 10.0. The van der Waals surface area contributed by atoms with Gasteiger partial charge in [0.15, 0.2) is 0 Å². The molecule has 0 spiro atoms. The molecule has 0 saturated carbocycles. The fraction of sp³-hybridized carbons (Fsp3) is 0.818. The van der Waals surface area contributed by atoms with Crippen molar-refractivity contribution in [2.24, 2.45) is 0 Å². The Bertz CT molecular complexity index is 270. The lowest BCUT2D eigenvalue weighted by Gasteiger charge is -2.19. The predicted molar refractivity (Wildman–Crippen MR) is 57.8 cm³/mol. The van der Waals surface area contributed by atoms with Gasteiger partial charge < -0.3 is 14.8 Å². The Morgan fingerprint density at radius 3 is 2.69 bits per heavy atom. The van der Waals surface area contributed by atoms with Crippen molar-refractivity contribution in [3.05, 3.63) is 0 Å². The van der Waals surface area contributed by atoms with Crippen LogP contribution < -0.4 is 5.32 Å². The molecule has 92 valence electrons. The smallest absolute Gasteiger partial charge is 0.332 e. The maximum atomic E-state index is 11.3. The molecule has 1 saturated heterocycles. The lowest BCUT2D eigenvalue weighted by atomic mass is 10.2. The molecule has 0 aromatic rings. The van der Waals surface area contributed by atoms with E-state index in [0.29, 0.717) is 6.42 Å². The lowest BCUT2D eigenvalue weighted by molar-refractivity contribution is -0.154. The molecule has 1 heterocycles. The fourth-order valence-corrected chi connectivity index (χ4v) is 1.31. The van der Waals surface area contributed by atoms with Crippen LogP contribution >= 0.6 is 0 Å². The zero-order chi connectivity index (χ0) is 12.2. The normalized spacial score (nSPS) is 20.7. The summed E-state index contributed by atoms with van der Waals surface area (Å²) >= 11 is 0. The second-order valence-electron chi connectivity index (χ2n) is 4.89. The van der Waals surface area contributed by atoms with E-state index in [9.17, 15) is 9.59 Å². The number of amides is 1. The number of carbonyl (C=O) groups is 2. The van der Waals surface area contributed by atoms with Crippen molar-refractivity contribution in [3.63, 3.8) is 0 Å². The Labute approximate surface area is 95.5 Å². The van der Waals surface area contributed by atoms with Crippen molar-refractivity contribution in [2.75, 3.05) is 13.2 Å². The van der Waals surface area contributed by atoms with E-state index in [2.05, 4.69) is 5.32 Å².